The Morgan fingerprint density at radius 2 is 2.47 bits per heavy atom. The lowest BCUT2D eigenvalue weighted by atomic mass is 10.0. The van der Waals surface area contributed by atoms with Crippen molar-refractivity contribution in [2.24, 2.45) is 0 Å². The van der Waals surface area contributed by atoms with E-state index in [-0.39, 0.29) is 0 Å². The molecule has 0 saturated heterocycles. The van der Waals surface area contributed by atoms with Gasteiger partial charge in [-0.25, -0.2) is 0 Å². The zero-order chi connectivity index (χ0) is 10.8. The third-order valence-electron chi connectivity index (χ3n) is 3.15. The second-order valence-electron chi connectivity index (χ2n) is 4.21. The summed E-state index contributed by atoms with van der Waals surface area (Å²) in [6, 6.07) is 2.71. The van der Waals surface area contributed by atoms with Crippen LogP contribution in [0, 0.1) is 0 Å². The van der Waals surface area contributed by atoms with Crippen LogP contribution in [0.3, 0.4) is 0 Å². The number of ketones is 1. The molecule has 0 bridgehead atoms. The third kappa shape index (κ3) is 2.29. The molecule has 3 heteroatoms. The topological polar surface area (TPSA) is 20.3 Å². The average molecular weight is 223 g/mol. The normalized spacial score (nSPS) is 21.3. The van der Waals surface area contributed by atoms with E-state index in [1.165, 1.54) is 10.4 Å². The molecule has 0 radical (unpaired) electrons. The quantitative estimate of drug-likeness (QED) is 0.785. The maximum atomic E-state index is 11.0. The number of carbonyl (C=O) groups is 1. The summed E-state index contributed by atoms with van der Waals surface area (Å²) in [5.41, 5.74) is 1.47. The highest BCUT2D eigenvalue weighted by Crippen LogP contribution is 2.32. The van der Waals surface area contributed by atoms with Gasteiger partial charge in [-0.1, -0.05) is 0 Å². The van der Waals surface area contributed by atoms with Crippen LogP contribution in [0.1, 0.15) is 36.8 Å². The fourth-order valence-corrected chi connectivity index (χ4v) is 3.13. The lowest BCUT2D eigenvalue weighted by molar-refractivity contribution is -0.117. The van der Waals surface area contributed by atoms with Gasteiger partial charge in [-0.2, -0.15) is 0 Å². The maximum absolute atomic E-state index is 11.0. The summed E-state index contributed by atoms with van der Waals surface area (Å²) in [6.45, 7) is 5.92. The van der Waals surface area contributed by atoms with Crippen LogP contribution in [0.4, 0.5) is 0 Å². The molecule has 0 amide bonds. The van der Waals surface area contributed by atoms with Gasteiger partial charge in [-0.3, -0.25) is 9.69 Å². The molecule has 1 unspecified atom stereocenters. The van der Waals surface area contributed by atoms with Gasteiger partial charge in [0.1, 0.15) is 5.78 Å². The van der Waals surface area contributed by atoms with E-state index in [4.69, 9.17) is 0 Å². The van der Waals surface area contributed by atoms with Gasteiger partial charge in [0, 0.05) is 30.4 Å². The van der Waals surface area contributed by atoms with Gasteiger partial charge < -0.3 is 0 Å². The van der Waals surface area contributed by atoms with Crippen LogP contribution < -0.4 is 0 Å². The van der Waals surface area contributed by atoms with Gasteiger partial charge in [0.2, 0.25) is 0 Å². The Morgan fingerprint density at radius 3 is 3.20 bits per heavy atom. The minimum Gasteiger partial charge on any atom is -0.300 e. The number of carbonyl (C=O) groups excluding carboxylic acids is 1. The van der Waals surface area contributed by atoms with Crippen molar-refractivity contribution in [3.8, 4) is 0 Å². The summed E-state index contributed by atoms with van der Waals surface area (Å²) in [5.74, 6) is 0.290. The molecule has 0 aromatic carbocycles. The highest BCUT2D eigenvalue weighted by Gasteiger charge is 2.24. The van der Waals surface area contributed by atoms with Gasteiger partial charge in [0.15, 0.2) is 0 Å². The molecule has 0 N–H and O–H groups in total. The Morgan fingerprint density at radius 1 is 1.67 bits per heavy atom. The van der Waals surface area contributed by atoms with Crippen LogP contribution in [0.25, 0.3) is 0 Å². The van der Waals surface area contributed by atoms with E-state index in [1.807, 2.05) is 11.3 Å². The van der Waals surface area contributed by atoms with Crippen molar-refractivity contribution in [1.29, 1.82) is 0 Å². The van der Waals surface area contributed by atoms with Crippen molar-refractivity contribution >= 4 is 17.1 Å². The third-order valence-corrected chi connectivity index (χ3v) is 4.15. The summed E-state index contributed by atoms with van der Waals surface area (Å²) in [7, 11) is 0. The molecule has 0 spiro atoms. The second-order valence-corrected chi connectivity index (χ2v) is 5.21. The van der Waals surface area contributed by atoms with Gasteiger partial charge in [0.05, 0.1) is 0 Å². The van der Waals surface area contributed by atoms with Crippen molar-refractivity contribution in [2.75, 3.05) is 13.1 Å². The molecule has 15 heavy (non-hydrogen) atoms. The summed E-state index contributed by atoms with van der Waals surface area (Å²) < 4.78 is 0. The number of Topliss-reactive ketones (excluding diaryl/α,β-unsaturated/α-hetero) is 1. The minimum absolute atomic E-state index is 0.290. The monoisotopic (exact) mass is 223 g/mol. The summed E-state index contributed by atoms with van der Waals surface area (Å²) >= 11 is 1.86. The molecule has 1 aliphatic rings. The van der Waals surface area contributed by atoms with Gasteiger partial charge in [0.25, 0.3) is 0 Å². The van der Waals surface area contributed by atoms with Crippen molar-refractivity contribution in [2.45, 2.75) is 32.7 Å². The van der Waals surface area contributed by atoms with Crippen LogP contribution in [0.15, 0.2) is 11.4 Å². The highest BCUT2D eigenvalue weighted by atomic mass is 32.1. The second kappa shape index (κ2) is 4.45. The predicted molar refractivity (Wildman–Crippen MR) is 63.3 cm³/mol. The number of rotatable bonds is 3. The molecule has 2 nitrogen and oxygen atoms in total. The Balaban J connectivity index is 2.03. The SMILES string of the molecule is CC(=O)CCN1CCc2sccc2C1C. The predicted octanol–water partition coefficient (Wildman–Crippen LogP) is 2.65. The molecular formula is C12H17NOS. The lowest BCUT2D eigenvalue weighted by Gasteiger charge is -2.33. The fraction of sp³-hybridized carbons (Fsp3) is 0.583. The summed E-state index contributed by atoms with van der Waals surface area (Å²) in [6.07, 6.45) is 1.83. The maximum Gasteiger partial charge on any atom is 0.131 e. The van der Waals surface area contributed by atoms with Gasteiger partial charge >= 0.3 is 0 Å². The zero-order valence-corrected chi connectivity index (χ0v) is 10.1. The molecule has 1 aliphatic heterocycles. The van der Waals surface area contributed by atoms with Crippen LogP contribution in [0.5, 0.6) is 0 Å². The molecule has 2 heterocycles. The summed E-state index contributed by atoms with van der Waals surface area (Å²) in [4.78, 5) is 14.9. The first-order chi connectivity index (χ1) is 7.18. The number of thiophene rings is 1. The molecule has 2 rings (SSSR count). The van der Waals surface area contributed by atoms with E-state index in [9.17, 15) is 4.79 Å². The molecule has 0 fully saturated rings. The van der Waals surface area contributed by atoms with Gasteiger partial charge in [-0.15, -0.1) is 11.3 Å². The van der Waals surface area contributed by atoms with Gasteiger partial charge in [-0.05, 0) is 37.3 Å². The Bertz CT molecular complexity index is 358. The van der Waals surface area contributed by atoms with E-state index in [1.54, 1.807) is 6.92 Å². The largest absolute Gasteiger partial charge is 0.300 e. The van der Waals surface area contributed by atoms with Crippen molar-refractivity contribution in [3.63, 3.8) is 0 Å². The van der Waals surface area contributed by atoms with Crippen molar-refractivity contribution < 1.29 is 4.79 Å². The van der Waals surface area contributed by atoms with E-state index < -0.39 is 0 Å². The van der Waals surface area contributed by atoms with E-state index in [2.05, 4.69) is 23.3 Å². The number of hydrogen-bond donors (Lipinski definition) is 0. The van der Waals surface area contributed by atoms with E-state index in [0.717, 1.165) is 19.5 Å². The summed E-state index contributed by atoms with van der Waals surface area (Å²) in [5, 5.41) is 2.18. The smallest absolute Gasteiger partial charge is 0.131 e. The molecule has 82 valence electrons. The Hall–Kier alpha value is -0.670. The lowest BCUT2D eigenvalue weighted by Crippen LogP contribution is -2.34. The van der Waals surface area contributed by atoms with Crippen molar-refractivity contribution in [3.05, 3.63) is 21.9 Å². The molecular weight excluding hydrogens is 206 g/mol. The first-order valence-corrected chi connectivity index (χ1v) is 6.36. The average Bonchev–Trinajstić information content (AvgIpc) is 2.65. The van der Waals surface area contributed by atoms with Crippen LogP contribution in [0.2, 0.25) is 0 Å². The van der Waals surface area contributed by atoms with Crippen LogP contribution >= 0.6 is 11.3 Å². The minimum atomic E-state index is 0.290. The zero-order valence-electron chi connectivity index (χ0n) is 9.32. The molecule has 0 saturated carbocycles. The van der Waals surface area contributed by atoms with E-state index >= 15 is 0 Å². The first kappa shape index (κ1) is 10.8. The number of fused-ring (bicyclic) bond motifs is 1. The Kier molecular flexibility index (Phi) is 3.22. The van der Waals surface area contributed by atoms with Crippen LogP contribution in [-0.4, -0.2) is 23.8 Å². The fourth-order valence-electron chi connectivity index (χ4n) is 2.17. The molecule has 1 atom stereocenters. The standard InChI is InChI=1S/C12H17NOS/c1-9(14)3-6-13-7-4-12-11(10(13)2)5-8-15-12/h5,8,10H,3-4,6-7H2,1-2H3. The molecule has 0 aliphatic carbocycles. The van der Waals surface area contributed by atoms with Crippen LogP contribution in [-0.2, 0) is 11.2 Å². The van der Waals surface area contributed by atoms with E-state index in [0.29, 0.717) is 18.2 Å². The molecule has 1 aromatic rings. The number of hydrogen-bond acceptors (Lipinski definition) is 3. The number of nitrogens with zero attached hydrogens (tertiary/aromatic N) is 1. The van der Waals surface area contributed by atoms with Crippen molar-refractivity contribution in [1.82, 2.24) is 4.90 Å². The highest BCUT2D eigenvalue weighted by molar-refractivity contribution is 7.10. The Labute approximate surface area is 94.9 Å². The molecule has 1 aromatic heterocycles. The first-order valence-electron chi connectivity index (χ1n) is 5.48.